The molecule has 0 bridgehead atoms. The van der Waals surface area contributed by atoms with Crippen molar-refractivity contribution in [3.63, 3.8) is 0 Å². The fraction of sp³-hybridized carbons (Fsp3) is 0.222. The van der Waals surface area contributed by atoms with Crippen LogP contribution >= 0.6 is 0 Å². The van der Waals surface area contributed by atoms with E-state index in [0.29, 0.717) is 0 Å². The van der Waals surface area contributed by atoms with Crippen molar-refractivity contribution in [2.75, 3.05) is 0 Å². The fourth-order valence-corrected chi connectivity index (χ4v) is 3.39. The minimum atomic E-state index is 1.12. The average molecular weight is 232 g/mol. The molecule has 0 amide bonds. The summed E-state index contributed by atoms with van der Waals surface area (Å²) in [6.07, 6.45) is 6.96. The van der Waals surface area contributed by atoms with Gasteiger partial charge in [0, 0.05) is 0 Å². The lowest BCUT2D eigenvalue weighted by Gasteiger charge is -2.09. The second kappa shape index (κ2) is 3.35. The predicted octanol–water partition coefficient (Wildman–Crippen LogP) is 4.76. The predicted molar refractivity (Wildman–Crippen MR) is 78.7 cm³/mol. The maximum absolute atomic E-state index is 2.36. The van der Waals surface area contributed by atoms with E-state index in [9.17, 15) is 0 Å². The first-order valence-corrected chi connectivity index (χ1v) is 6.64. The van der Waals surface area contributed by atoms with Gasteiger partial charge in [-0.1, -0.05) is 47.6 Å². The van der Waals surface area contributed by atoms with Crippen LogP contribution in [-0.2, 0) is 12.8 Å². The van der Waals surface area contributed by atoms with Crippen molar-refractivity contribution in [1.82, 2.24) is 0 Å². The molecule has 88 valence electrons. The standard InChI is InChI=1S/C18H16/c1-11-7-13-3-5-16-15(17(13)9-11)6-4-14-8-12(2)10-18(14)16/h3-6,9-10H,7-8H2,1-2H3. The van der Waals surface area contributed by atoms with Crippen LogP contribution in [-0.4, -0.2) is 0 Å². The van der Waals surface area contributed by atoms with Crippen LogP contribution < -0.4 is 0 Å². The molecule has 0 heteroatoms. The van der Waals surface area contributed by atoms with Crippen LogP contribution in [0.1, 0.15) is 36.1 Å². The van der Waals surface area contributed by atoms with Crippen molar-refractivity contribution in [2.24, 2.45) is 0 Å². The zero-order chi connectivity index (χ0) is 12.3. The van der Waals surface area contributed by atoms with E-state index in [2.05, 4.69) is 50.3 Å². The van der Waals surface area contributed by atoms with Crippen LogP contribution in [0, 0.1) is 0 Å². The van der Waals surface area contributed by atoms with Gasteiger partial charge in [-0.3, -0.25) is 0 Å². The van der Waals surface area contributed by atoms with Crippen molar-refractivity contribution < 1.29 is 0 Å². The lowest BCUT2D eigenvalue weighted by atomic mass is 9.95. The molecule has 0 spiro atoms. The molecule has 2 aliphatic carbocycles. The molecule has 4 rings (SSSR count). The Morgan fingerprint density at radius 1 is 0.667 bits per heavy atom. The van der Waals surface area contributed by atoms with Crippen LogP contribution in [0.15, 0.2) is 35.4 Å². The zero-order valence-electron chi connectivity index (χ0n) is 10.9. The van der Waals surface area contributed by atoms with Gasteiger partial charge in [0.05, 0.1) is 0 Å². The van der Waals surface area contributed by atoms with Gasteiger partial charge in [0.2, 0.25) is 0 Å². The van der Waals surface area contributed by atoms with Gasteiger partial charge >= 0.3 is 0 Å². The highest BCUT2D eigenvalue weighted by atomic mass is 14.2. The molecule has 2 aliphatic rings. The zero-order valence-corrected chi connectivity index (χ0v) is 10.9. The molecule has 0 N–H and O–H groups in total. The van der Waals surface area contributed by atoms with Gasteiger partial charge in [0.1, 0.15) is 0 Å². The van der Waals surface area contributed by atoms with Crippen molar-refractivity contribution in [3.8, 4) is 0 Å². The van der Waals surface area contributed by atoms with Crippen LogP contribution in [0.2, 0.25) is 0 Å². The van der Waals surface area contributed by atoms with Crippen LogP contribution in [0.5, 0.6) is 0 Å². The summed E-state index contributed by atoms with van der Waals surface area (Å²) < 4.78 is 0. The molecular formula is C18H16. The third-order valence-electron chi connectivity index (χ3n) is 4.18. The maximum atomic E-state index is 2.36. The molecule has 0 saturated heterocycles. The van der Waals surface area contributed by atoms with E-state index in [-0.39, 0.29) is 0 Å². The highest BCUT2D eigenvalue weighted by molar-refractivity contribution is 6.00. The molecule has 18 heavy (non-hydrogen) atoms. The number of hydrogen-bond acceptors (Lipinski definition) is 0. The quantitative estimate of drug-likeness (QED) is 0.614. The fourth-order valence-electron chi connectivity index (χ4n) is 3.39. The van der Waals surface area contributed by atoms with Gasteiger partial charge in [-0.2, -0.15) is 0 Å². The number of fused-ring (bicyclic) bond motifs is 5. The molecule has 2 aromatic rings. The van der Waals surface area contributed by atoms with E-state index < -0.39 is 0 Å². The highest BCUT2D eigenvalue weighted by Crippen LogP contribution is 2.37. The Labute approximate surface area is 108 Å². The number of hydrogen-bond donors (Lipinski definition) is 0. The summed E-state index contributed by atoms with van der Waals surface area (Å²) in [5.74, 6) is 0. The second-order valence-corrected chi connectivity index (χ2v) is 5.71. The molecule has 0 atom stereocenters. The van der Waals surface area contributed by atoms with E-state index in [1.165, 1.54) is 44.2 Å². The lowest BCUT2D eigenvalue weighted by Crippen LogP contribution is -1.89. The summed E-state index contributed by atoms with van der Waals surface area (Å²) >= 11 is 0. The van der Waals surface area contributed by atoms with Crippen LogP contribution in [0.3, 0.4) is 0 Å². The second-order valence-electron chi connectivity index (χ2n) is 5.71. The Morgan fingerprint density at radius 2 is 1.11 bits per heavy atom. The van der Waals surface area contributed by atoms with E-state index in [0.717, 1.165) is 12.8 Å². The number of rotatable bonds is 0. The maximum Gasteiger partial charge on any atom is -0.00604 e. The number of allylic oxidation sites excluding steroid dienone is 2. The monoisotopic (exact) mass is 232 g/mol. The van der Waals surface area contributed by atoms with Crippen LogP contribution in [0.4, 0.5) is 0 Å². The third kappa shape index (κ3) is 1.26. The van der Waals surface area contributed by atoms with Gasteiger partial charge < -0.3 is 0 Å². The number of benzene rings is 2. The van der Waals surface area contributed by atoms with Crippen molar-refractivity contribution in [3.05, 3.63) is 57.7 Å². The van der Waals surface area contributed by atoms with E-state index in [1.807, 2.05) is 0 Å². The Morgan fingerprint density at radius 3 is 1.56 bits per heavy atom. The van der Waals surface area contributed by atoms with Crippen LogP contribution in [0.25, 0.3) is 22.9 Å². The molecular weight excluding hydrogens is 216 g/mol. The molecule has 0 unspecified atom stereocenters. The molecule has 0 heterocycles. The van der Waals surface area contributed by atoms with Gasteiger partial charge in [0.15, 0.2) is 0 Å². The first-order chi connectivity index (χ1) is 8.72. The molecule has 0 saturated carbocycles. The molecule has 0 nitrogen and oxygen atoms in total. The Kier molecular flexibility index (Phi) is 1.89. The first-order valence-electron chi connectivity index (χ1n) is 6.64. The first kappa shape index (κ1) is 10.1. The Bertz CT molecular complexity index is 677. The Balaban J connectivity index is 2.10. The summed E-state index contributed by atoms with van der Waals surface area (Å²) in [4.78, 5) is 0. The topological polar surface area (TPSA) is 0 Å². The Hall–Kier alpha value is -1.82. The summed E-state index contributed by atoms with van der Waals surface area (Å²) in [5.41, 5.74) is 8.82. The summed E-state index contributed by atoms with van der Waals surface area (Å²) in [5, 5.41) is 2.85. The van der Waals surface area contributed by atoms with Gasteiger partial charge in [-0.05, 0) is 59.7 Å². The SMILES string of the molecule is CC1=Cc2c(ccc3c4c(ccc23)CC(C)=C4)C1. The molecule has 0 fully saturated rings. The molecule has 2 aromatic carbocycles. The van der Waals surface area contributed by atoms with Crippen molar-refractivity contribution >= 4 is 22.9 Å². The highest BCUT2D eigenvalue weighted by Gasteiger charge is 2.17. The smallest absolute Gasteiger partial charge is 0.00604 e. The molecule has 0 aromatic heterocycles. The van der Waals surface area contributed by atoms with Gasteiger partial charge in [-0.25, -0.2) is 0 Å². The third-order valence-corrected chi connectivity index (χ3v) is 4.18. The van der Waals surface area contributed by atoms with Gasteiger partial charge in [0.25, 0.3) is 0 Å². The minimum Gasteiger partial charge on any atom is -0.0683 e. The van der Waals surface area contributed by atoms with E-state index in [1.54, 1.807) is 0 Å². The van der Waals surface area contributed by atoms with E-state index in [4.69, 9.17) is 0 Å². The summed E-state index contributed by atoms with van der Waals surface area (Å²) in [7, 11) is 0. The summed E-state index contributed by atoms with van der Waals surface area (Å²) in [6, 6.07) is 9.25. The largest absolute Gasteiger partial charge is 0.0683 e. The average Bonchev–Trinajstić information content (AvgIpc) is 2.89. The van der Waals surface area contributed by atoms with Crippen molar-refractivity contribution in [2.45, 2.75) is 26.7 Å². The molecule has 0 radical (unpaired) electrons. The summed E-state index contributed by atoms with van der Waals surface area (Å²) in [6.45, 7) is 4.45. The van der Waals surface area contributed by atoms with E-state index >= 15 is 0 Å². The normalized spacial score (nSPS) is 16.6. The molecule has 0 aliphatic heterocycles. The lowest BCUT2D eigenvalue weighted by molar-refractivity contribution is 1.19. The van der Waals surface area contributed by atoms with Crippen molar-refractivity contribution in [1.29, 1.82) is 0 Å². The minimum absolute atomic E-state index is 1.12. The van der Waals surface area contributed by atoms with Gasteiger partial charge in [-0.15, -0.1) is 0 Å².